The molecule has 0 aliphatic rings. The van der Waals surface area contributed by atoms with Crippen molar-refractivity contribution < 1.29 is 4.74 Å². The van der Waals surface area contributed by atoms with Gasteiger partial charge in [0.2, 0.25) is 0 Å². The minimum Gasteiger partial charge on any atom is -0.377 e. The molecule has 0 aromatic rings. The highest BCUT2D eigenvalue weighted by Gasteiger charge is 2.02. The van der Waals surface area contributed by atoms with Gasteiger partial charge < -0.3 is 4.74 Å². The predicted molar refractivity (Wildman–Crippen MR) is 173 cm³/mol. The monoisotopic (exact) mass is 538 g/mol. The highest BCUT2D eigenvalue weighted by atomic mass is 32.2. The summed E-state index contributed by atoms with van der Waals surface area (Å²) in [5.74, 6) is 2.34. The minimum atomic E-state index is 0.172. The summed E-state index contributed by atoms with van der Waals surface area (Å²) in [6, 6.07) is 0. The third-order valence-electron chi connectivity index (χ3n) is 7.46. The van der Waals surface area contributed by atoms with Gasteiger partial charge in [0.15, 0.2) is 0 Å². The zero-order valence-corrected chi connectivity index (χ0v) is 26.6. The van der Waals surface area contributed by atoms with Crippen LogP contribution in [0, 0.1) is 6.92 Å². The van der Waals surface area contributed by atoms with Crippen LogP contribution in [0.25, 0.3) is 0 Å². The molecule has 0 aliphatic carbocycles. The maximum Gasteiger partial charge on any atom is 0.0666 e. The quantitative estimate of drug-likeness (QED) is 0.0623. The summed E-state index contributed by atoms with van der Waals surface area (Å²) in [7, 11) is 0. The molecule has 0 rings (SSSR count). The molecule has 0 N–H and O–H groups in total. The first kappa shape index (κ1) is 37.0. The molecule has 2 heteroatoms. The maximum atomic E-state index is 5.93. The van der Waals surface area contributed by atoms with Crippen molar-refractivity contribution in [2.45, 2.75) is 187 Å². The third kappa shape index (κ3) is 34.0. The van der Waals surface area contributed by atoms with E-state index in [1.807, 2.05) is 11.8 Å². The van der Waals surface area contributed by atoms with Crippen molar-refractivity contribution >= 4 is 11.8 Å². The zero-order valence-electron chi connectivity index (χ0n) is 25.8. The molecule has 0 spiro atoms. The van der Waals surface area contributed by atoms with Crippen LogP contribution in [0.2, 0.25) is 0 Å². The van der Waals surface area contributed by atoms with Gasteiger partial charge >= 0.3 is 0 Å². The van der Waals surface area contributed by atoms with Gasteiger partial charge in [-0.15, -0.1) is 0 Å². The van der Waals surface area contributed by atoms with Crippen molar-refractivity contribution in [3.05, 3.63) is 19.1 Å². The SMILES string of the molecule is [CH2]C(CSCCCCCCCCCCCCCCCC)OCCCCCCCC/C=C/CCCCCC. The molecule has 1 unspecified atom stereocenters. The summed E-state index contributed by atoms with van der Waals surface area (Å²) >= 11 is 2.04. The van der Waals surface area contributed by atoms with E-state index in [-0.39, 0.29) is 6.10 Å². The average Bonchev–Trinajstić information content (AvgIpc) is 2.90. The second-order valence-corrected chi connectivity index (χ2v) is 12.5. The number of ether oxygens (including phenoxy) is 1. The van der Waals surface area contributed by atoms with E-state index in [4.69, 9.17) is 4.74 Å². The van der Waals surface area contributed by atoms with Crippen molar-refractivity contribution in [1.82, 2.24) is 0 Å². The Morgan fingerprint density at radius 1 is 0.514 bits per heavy atom. The van der Waals surface area contributed by atoms with Gasteiger partial charge in [-0.1, -0.05) is 154 Å². The lowest BCUT2D eigenvalue weighted by atomic mass is 10.0. The summed E-state index contributed by atoms with van der Waals surface area (Å²) in [6.07, 6.45) is 41.2. The lowest BCUT2D eigenvalue weighted by molar-refractivity contribution is 0.0950. The van der Waals surface area contributed by atoms with Crippen molar-refractivity contribution in [2.75, 3.05) is 18.1 Å². The molecule has 0 aliphatic heterocycles. The zero-order chi connectivity index (χ0) is 26.9. The van der Waals surface area contributed by atoms with E-state index in [0.29, 0.717) is 0 Å². The normalized spacial score (nSPS) is 12.6. The molecule has 1 atom stereocenters. The Kier molecular flexibility index (Phi) is 34.1. The molecule has 37 heavy (non-hydrogen) atoms. The summed E-state index contributed by atoms with van der Waals surface area (Å²) in [5.41, 5.74) is 0. The van der Waals surface area contributed by atoms with Crippen molar-refractivity contribution in [3.63, 3.8) is 0 Å². The van der Waals surface area contributed by atoms with Gasteiger partial charge in [-0.05, 0) is 51.2 Å². The molecular formula is C35H69OS. The topological polar surface area (TPSA) is 9.23 Å². The van der Waals surface area contributed by atoms with Crippen LogP contribution in [-0.4, -0.2) is 24.2 Å². The number of allylic oxidation sites excluding steroid dienone is 2. The molecule has 0 heterocycles. The standard InChI is InChI=1S/C35H69OS/c1-4-6-8-10-12-14-16-18-20-22-24-26-28-30-32-36-35(3)34-37-33-31-29-27-25-23-21-19-17-15-13-11-9-7-5-2/h14,16,35H,3-13,15,17-34H2,1-2H3/b16-14+. The number of hydrogen-bond donors (Lipinski definition) is 0. The third-order valence-corrected chi connectivity index (χ3v) is 8.64. The molecule has 221 valence electrons. The van der Waals surface area contributed by atoms with Crippen LogP contribution < -0.4 is 0 Å². The fraction of sp³-hybridized carbons (Fsp3) is 0.914. The van der Waals surface area contributed by atoms with Crippen LogP contribution >= 0.6 is 11.8 Å². The lowest BCUT2D eigenvalue weighted by Crippen LogP contribution is -2.13. The minimum absolute atomic E-state index is 0.172. The Morgan fingerprint density at radius 3 is 1.38 bits per heavy atom. The molecule has 0 fully saturated rings. The Labute approximate surface area is 240 Å². The van der Waals surface area contributed by atoms with E-state index >= 15 is 0 Å². The molecule has 0 aromatic heterocycles. The number of unbranched alkanes of at least 4 members (excludes halogenated alkanes) is 23. The highest BCUT2D eigenvalue weighted by molar-refractivity contribution is 7.99. The molecule has 0 saturated heterocycles. The van der Waals surface area contributed by atoms with Crippen LogP contribution in [0.1, 0.15) is 181 Å². The van der Waals surface area contributed by atoms with E-state index < -0.39 is 0 Å². The molecule has 0 aromatic carbocycles. The second-order valence-electron chi connectivity index (χ2n) is 11.4. The average molecular weight is 538 g/mol. The van der Waals surface area contributed by atoms with Crippen LogP contribution in [-0.2, 0) is 4.74 Å². The number of hydrogen-bond acceptors (Lipinski definition) is 2. The van der Waals surface area contributed by atoms with Gasteiger partial charge in [0, 0.05) is 12.4 Å². The first-order valence-corrected chi connectivity index (χ1v) is 18.1. The number of thioether (sulfide) groups is 1. The summed E-state index contributed by atoms with van der Waals surface area (Å²) in [4.78, 5) is 0. The van der Waals surface area contributed by atoms with Gasteiger partial charge in [0.1, 0.15) is 0 Å². The molecule has 1 nitrogen and oxygen atoms in total. The molecule has 0 bridgehead atoms. The molecular weight excluding hydrogens is 468 g/mol. The van der Waals surface area contributed by atoms with Crippen LogP contribution in [0.5, 0.6) is 0 Å². The second kappa shape index (κ2) is 34.1. The van der Waals surface area contributed by atoms with Crippen LogP contribution in [0.4, 0.5) is 0 Å². The Balaban J connectivity index is 3.17. The lowest BCUT2D eigenvalue weighted by Gasteiger charge is -2.12. The molecule has 0 saturated carbocycles. The molecule has 0 amide bonds. The van der Waals surface area contributed by atoms with E-state index in [1.54, 1.807) is 0 Å². The van der Waals surface area contributed by atoms with Gasteiger partial charge in [-0.2, -0.15) is 11.8 Å². The largest absolute Gasteiger partial charge is 0.377 e. The maximum absolute atomic E-state index is 5.93. The van der Waals surface area contributed by atoms with Crippen LogP contribution in [0.3, 0.4) is 0 Å². The van der Waals surface area contributed by atoms with Gasteiger partial charge in [0.05, 0.1) is 6.10 Å². The van der Waals surface area contributed by atoms with Crippen molar-refractivity contribution in [1.29, 1.82) is 0 Å². The van der Waals surface area contributed by atoms with Crippen LogP contribution in [0.15, 0.2) is 12.2 Å². The number of rotatable bonds is 32. The Morgan fingerprint density at radius 2 is 0.892 bits per heavy atom. The fourth-order valence-corrected chi connectivity index (χ4v) is 5.84. The van der Waals surface area contributed by atoms with E-state index in [9.17, 15) is 0 Å². The van der Waals surface area contributed by atoms with Crippen molar-refractivity contribution in [2.24, 2.45) is 0 Å². The highest BCUT2D eigenvalue weighted by Crippen LogP contribution is 2.15. The first-order valence-electron chi connectivity index (χ1n) is 17.0. The molecule has 1 radical (unpaired) electrons. The summed E-state index contributed by atoms with van der Waals surface area (Å²) < 4.78 is 5.93. The summed E-state index contributed by atoms with van der Waals surface area (Å²) in [6.45, 7) is 9.68. The van der Waals surface area contributed by atoms with E-state index in [0.717, 1.165) is 12.4 Å². The fourth-order valence-electron chi connectivity index (χ4n) is 4.91. The van der Waals surface area contributed by atoms with Gasteiger partial charge in [-0.3, -0.25) is 0 Å². The first-order chi connectivity index (χ1) is 18.3. The van der Waals surface area contributed by atoms with Gasteiger partial charge in [0.25, 0.3) is 0 Å². The van der Waals surface area contributed by atoms with Gasteiger partial charge in [-0.25, -0.2) is 0 Å². The van der Waals surface area contributed by atoms with E-state index in [2.05, 4.69) is 32.9 Å². The smallest absolute Gasteiger partial charge is 0.0666 e. The van der Waals surface area contributed by atoms with E-state index in [1.165, 1.54) is 173 Å². The predicted octanol–water partition coefficient (Wildman–Crippen LogP) is 12.7. The summed E-state index contributed by atoms with van der Waals surface area (Å²) in [5, 5.41) is 0. The Bertz CT molecular complexity index is 421. The van der Waals surface area contributed by atoms with Crippen molar-refractivity contribution in [3.8, 4) is 0 Å². The Hall–Kier alpha value is 0.0500.